The van der Waals surface area contributed by atoms with Gasteiger partial charge in [0.15, 0.2) is 0 Å². The Morgan fingerprint density at radius 3 is 2.67 bits per heavy atom. The van der Waals surface area contributed by atoms with Crippen LogP contribution in [0.5, 0.6) is 0 Å². The normalized spacial score (nSPS) is 15.8. The van der Waals surface area contributed by atoms with E-state index in [1.165, 1.54) is 11.9 Å². The molecular formula is C15H19N5O. The van der Waals surface area contributed by atoms with Crippen LogP contribution < -0.4 is 5.32 Å². The lowest BCUT2D eigenvalue weighted by molar-refractivity contribution is 0.0384. The summed E-state index contributed by atoms with van der Waals surface area (Å²) in [6.45, 7) is 4.81. The number of anilines is 2. The number of aromatic nitrogens is 3. The lowest BCUT2D eigenvalue weighted by atomic mass is 10.2. The van der Waals surface area contributed by atoms with Gasteiger partial charge in [0, 0.05) is 32.0 Å². The maximum absolute atomic E-state index is 5.35. The summed E-state index contributed by atoms with van der Waals surface area (Å²) < 4.78 is 5.35. The predicted octanol–water partition coefficient (Wildman–Crippen LogP) is 1.49. The molecule has 3 rings (SSSR count). The summed E-state index contributed by atoms with van der Waals surface area (Å²) in [4.78, 5) is 14.8. The van der Waals surface area contributed by atoms with Gasteiger partial charge >= 0.3 is 0 Å². The quantitative estimate of drug-likeness (QED) is 0.898. The molecule has 0 radical (unpaired) electrons. The molecule has 6 heteroatoms. The number of nitrogens with one attached hydrogen (secondary N) is 1. The highest BCUT2D eigenvalue weighted by Crippen LogP contribution is 2.11. The van der Waals surface area contributed by atoms with Gasteiger partial charge in [-0.2, -0.15) is 0 Å². The fourth-order valence-corrected chi connectivity index (χ4v) is 2.25. The summed E-state index contributed by atoms with van der Waals surface area (Å²) in [5, 5.41) is 3.15. The molecule has 2 aromatic rings. The molecule has 0 spiro atoms. The fraction of sp³-hybridized carbons (Fsp3) is 0.400. The van der Waals surface area contributed by atoms with Gasteiger partial charge in [0.25, 0.3) is 0 Å². The Bertz CT molecular complexity index is 540. The van der Waals surface area contributed by atoms with Gasteiger partial charge in [-0.15, -0.1) is 0 Å². The zero-order valence-corrected chi connectivity index (χ0v) is 11.9. The highest BCUT2D eigenvalue weighted by Gasteiger charge is 2.09. The molecule has 0 unspecified atom stereocenters. The zero-order chi connectivity index (χ0) is 14.3. The van der Waals surface area contributed by atoms with Gasteiger partial charge in [0.2, 0.25) is 0 Å². The molecule has 0 atom stereocenters. The van der Waals surface area contributed by atoms with Crippen molar-refractivity contribution in [3.63, 3.8) is 0 Å². The third-order valence-corrected chi connectivity index (χ3v) is 3.48. The van der Waals surface area contributed by atoms with E-state index in [9.17, 15) is 0 Å². The maximum Gasteiger partial charge on any atom is 0.134 e. The Labute approximate surface area is 124 Å². The second-order valence-electron chi connectivity index (χ2n) is 4.98. The minimum atomic E-state index is 0.749. The number of rotatable bonds is 5. The van der Waals surface area contributed by atoms with Crippen LogP contribution in [-0.4, -0.2) is 52.7 Å². The first-order valence-corrected chi connectivity index (χ1v) is 7.18. The topological polar surface area (TPSA) is 63.2 Å². The minimum Gasteiger partial charge on any atom is -0.379 e. The third-order valence-electron chi connectivity index (χ3n) is 3.48. The molecule has 1 aliphatic rings. The van der Waals surface area contributed by atoms with E-state index in [4.69, 9.17) is 4.74 Å². The van der Waals surface area contributed by atoms with Gasteiger partial charge in [-0.3, -0.25) is 4.90 Å². The van der Waals surface area contributed by atoms with E-state index in [1.54, 1.807) is 6.20 Å². The fourth-order valence-electron chi connectivity index (χ4n) is 2.25. The average Bonchev–Trinajstić information content (AvgIpc) is 2.56. The van der Waals surface area contributed by atoms with Crippen LogP contribution in [0.15, 0.2) is 36.9 Å². The summed E-state index contributed by atoms with van der Waals surface area (Å²) in [6.07, 6.45) is 6.15. The van der Waals surface area contributed by atoms with Crippen molar-refractivity contribution in [2.75, 3.05) is 38.2 Å². The first-order chi connectivity index (χ1) is 10.4. The summed E-state index contributed by atoms with van der Waals surface area (Å²) >= 11 is 0. The average molecular weight is 285 g/mol. The van der Waals surface area contributed by atoms with Crippen LogP contribution in [0.4, 0.5) is 11.6 Å². The van der Waals surface area contributed by atoms with Crippen molar-refractivity contribution < 1.29 is 4.74 Å². The molecule has 110 valence electrons. The van der Waals surface area contributed by atoms with E-state index in [0.29, 0.717) is 0 Å². The lowest BCUT2D eigenvalue weighted by Crippen LogP contribution is -2.37. The zero-order valence-electron chi connectivity index (χ0n) is 11.9. The van der Waals surface area contributed by atoms with Gasteiger partial charge in [0.05, 0.1) is 13.2 Å². The van der Waals surface area contributed by atoms with Gasteiger partial charge in [0.1, 0.15) is 18.0 Å². The molecule has 21 heavy (non-hydrogen) atoms. The van der Waals surface area contributed by atoms with Crippen LogP contribution in [0.2, 0.25) is 0 Å². The molecule has 2 aromatic heterocycles. The van der Waals surface area contributed by atoms with Crippen LogP contribution in [0.1, 0.15) is 5.56 Å². The van der Waals surface area contributed by atoms with Crippen molar-refractivity contribution in [3.8, 4) is 0 Å². The largest absolute Gasteiger partial charge is 0.379 e. The monoisotopic (exact) mass is 285 g/mol. The standard InChI is InChI=1S/C15H19N5O/c1-2-14(19-15-3-5-16-12-18-15)17-11-13(1)4-6-20-7-9-21-10-8-20/h1-3,5,11-12H,4,6-10H2,(H,16,17,18,19). The van der Waals surface area contributed by atoms with Crippen LogP contribution in [0.25, 0.3) is 0 Å². The SMILES string of the molecule is c1cc(Nc2ccc(CCN3CCOCC3)cn2)ncn1. The Balaban J connectivity index is 1.51. The van der Waals surface area contributed by atoms with Crippen molar-refractivity contribution in [2.24, 2.45) is 0 Å². The number of nitrogens with zero attached hydrogens (tertiary/aromatic N) is 4. The van der Waals surface area contributed by atoms with Crippen molar-refractivity contribution in [3.05, 3.63) is 42.5 Å². The molecule has 0 saturated carbocycles. The summed E-state index contributed by atoms with van der Waals surface area (Å²) in [5.41, 5.74) is 1.25. The smallest absolute Gasteiger partial charge is 0.134 e. The Morgan fingerprint density at radius 2 is 1.95 bits per heavy atom. The molecular weight excluding hydrogens is 266 g/mol. The summed E-state index contributed by atoms with van der Waals surface area (Å²) in [7, 11) is 0. The highest BCUT2D eigenvalue weighted by atomic mass is 16.5. The van der Waals surface area contributed by atoms with Crippen LogP contribution in [0.3, 0.4) is 0 Å². The number of morpholine rings is 1. The molecule has 1 saturated heterocycles. The van der Waals surface area contributed by atoms with Crippen molar-refractivity contribution >= 4 is 11.6 Å². The van der Waals surface area contributed by atoms with Crippen LogP contribution in [-0.2, 0) is 11.2 Å². The van der Waals surface area contributed by atoms with E-state index in [1.807, 2.05) is 18.3 Å². The molecule has 0 aliphatic carbocycles. The summed E-state index contributed by atoms with van der Waals surface area (Å²) in [6, 6.07) is 5.90. The van der Waals surface area contributed by atoms with Crippen LogP contribution in [0, 0.1) is 0 Å². The van der Waals surface area contributed by atoms with Gasteiger partial charge in [-0.1, -0.05) is 6.07 Å². The van der Waals surface area contributed by atoms with Crippen molar-refractivity contribution in [1.82, 2.24) is 19.9 Å². The van der Waals surface area contributed by atoms with E-state index in [0.717, 1.165) is 50.9 Å². The Kier molecular flexibility index (Phi) is 4.70. The Hall–Kier alpha value is -2.05. The Morgan fingerprint density at radius 1 is 1.10 bits per heavy atom. The van der Waals surface area contributed by atoms with E-state index < -0.39 is 0 Å². The molecule has 1 fully saturated rings. The van der Waals surface area contributed by atoms with Crippen molar-refractivity contribution in [2.45, 2.75) is 6.42 Å². The molecule has 1 aliphatic heterocycles. The maximum atomic E-state index is 5.35. The van der Waals surface area contributed by atoms with Crippen LogP contribution >= 0.6 is 0 Å². The molecule has 0 aromatic carbocycles. The molecule has 1 N–H and O–H groups in total. The number of ether oxygens (including phenoxy) is 1. The van der Waals surface area contributed by atoms with E-state index >= 15 is 0 Å². The first kappa shape index (κ1) is 13.9. The lowest BCUT2D eigenvalue weighted by Gasteiger charge is -2.26. The van der Waals surface area contributed by atoms with Gasteiger partial charge < -0.3 is 10.1 Å². The van der Waals surface area contributed by atoms with Gasteiger partial charge in [-0.25, -0.2) is 15.0 Å². The number of hydrogen-bond donors (Lipinski definition) is 1. The van der Waals surface area contributed by atoms with E-state index in [2.05, 4.69) is 31.2 Å². The van der Waals surface area contributed by atoms with Crippen molar-refractivity contribution in [1.29, 1.82) is 0 Å². The molecule has 6 nitrogen and oxygen atoms in total. The minimum absolute atomic E-state index is 0.749. The molecule has 0 bridgehead atoms. The second kappa shape index (κ2) is 7.10. The number of pyridine rings is 1. The summed E-state index contributed by atoms with van der Waals surface area (Å²) in [5.74, 6) is 1.54. The second-order valence-corrected chi connectivity index (χ2v) is 4.98. The third kappa shape index (κ3) is 4.21. The molecule has 3 heterocycles. The molecule has 0 amide bonds. The first-order valence-electron chi connectivity index (χ1n) is 7.18. The number of hydrogen-bond acceptors (Lipinski definition) is 6. The highest BCUT2D eigenvalue weighted by molar-refractivity contribution is 5.50. The van der Waals surface area contributed by atoms with Gasteiger partial charge in [-0.05, 0) is 24.1 Å². The van der Waals surface area contributed by atoms with E-state index in [-0.39, 0.29) is 0 Å². The predicted molar refractivity (Wildman–Crippen MR) is 80.5 cm³/mol.